The zero-order chi connectivity index (χ0) is 13.9. The van der Waals surface area contributed by atoms with Gasteiger partial charge in [-0.05, 0) is 24.1 Å². The van der Waals surface area contributed by atoms with Crippen LogP contribution >= 0.6 is 15.9 Å². The van der Waals surface area contributed by atoms with E-state index < -0.39 is 0 Å². The minimum atomic E-state index is 0.0806. The van der Waals surface area contributed by atoms with E-state index in [-0.39, 0.29) is 6.61 Å². The topological polar surface area (TPSA) is 35.9 Å². The fourth-order valence-corrected chi connectivity index (χ4v) is 3.57. The highest BCUT2D eigenvalue weighted by Gasteiger charge is 2.28. The minimum Gasteiger partial charge on any atom is -0.392 e. The van der Waals surface area contributed by atoms with Crippen molar-refractivity contribution in [3.63, 3.8) is 0 Å². The summed E-state index contributed by atoms with van der Waals surface area (Å²) in [6.45, 7) is 6.13. The van der Waals surface area contributed by atoms with Gasteiger partial charge in [0.15, 0.2) is 0 Å². The van der Waals surface area contributed by atoms with Crippen molar-refractivity contribution in [2.75, 3.05) is 44.3 Å². The predicted octanol–water partition coefficient (Wildman–Crippen LogP) is 1.85. The van der Waals surface area contributed by atoms with Gasteiger partial charge in [0.2, 0.25) is 0 Å². The van der Waals surface area contributed by atoms with Gasteiger partial charge in [-0.1, -0.05) is 22.0 Å². The standard InChI is InChI=1S/C15H21BrN2O2/c16-15-9-13(2-1-12(15)11-19)18-4-3-14(10-18)17-5-7-20-8-6-17/h1-2,9,14,19H,3-8,10-11H2. The lowest BCUT2D eigenvalue weighted by molar-refractivity contribution is 0.0209. The second kappa shape index (κ2) is 6.43. The van der Waals surface area contributed by atoms with Crippen LogP contribution in [0.15, 0.2) is 22.7 Å². The SMILES string of the molecule is OCc1ccc(N2CCC(N3CCOCC3)C2)cc1Br. The summed E-state index contributed by atoms with van der Waals surface area (Å²) < 4.78 is 6.42. The zero-order valence-electron chi connectivity index (χ0n) is 11.6. The van der Waals surface area contributed by atoms with Gasteiger partial charge in [-0.3, -0.25) is 4.90 Å². The molecule has 0 aliphatic carbocycles. The number of hydrogen-bond acceptors (Lipinski definition) is 4. The van der Waals surface area contributed by atoms with Gasteiger partial charge in [-0.15, -0.1) is 0 Å². The largest absolute Gasteiger partial charge is 0.392 e. The Labute approximate surface area is 128 Å². The van der Waals surface area contributed by atoms with E-state index in [9.17, 15) is 5.11 Å². The molecule has 0 bridgehead atoms. The highest BCUT2D eigenvalue weighted by molar-refractivity contribution is 9.10. The van der Waals surface area contributed by atoms with E-state index >= 15 is 0 Å². The molecule has 1 aromatic carbocycles. The molecule has 110 valence electrons. The first-order chi connectivity index (χ1) is 9.78. The molecule has 0 radical (unpaired) electrons. The molecule has 1 aromatic rings. The number of rotatable bonds is 3. The number of aliphatic hydroxyl groups is 1. The molecule has 0 amide bonds. The molecule has 5 heteroatoms. The van der Waals surface area contributed by atoms with E-state index in [1.54, 1.807) is 0 Å². The summed E-state index contributed by atoms with van der Waals surface area (Å²) in [6.07, 6.45) is 1.22. The van der Waals surface area contributed by atoms with Crippen molar-refractivity contribution in [2.24, 2.45) is 0 Å². The summed E-state index contributed by atoms with van der Waals surface area (Å²) >= 11 is 3.53. The molecule has 2 fully saturated rings. The average Bonchev–Trinajstić information content (AvgIpc) is 2.98. The Kier molecular flexibility index (Phi) is 4.61. The van der Waals surface area contributed by atoms with Crippen LogP contribution in [-0.2, 0) is 11.3 Å². The lowest BCUT2D eigenvalue weighted by Gasteiger charge is -2.32. The number of halogens is 1. The number of benzene rings is 1. The molecule has 2 aliphatic heterocycles. The molecule has 3 rings (SSSR count). The third-order valence-electron chi connectivity index (χ3n) is 4.30. The molecule has 2 saturated heterocycles. The third-order valence-corrected chi connectivity index (χ3v) is 5.04. The molecular weight excluding hydrogens is 320 g/mol. The van der Waals surface area contributed by atoms with Crippen LogP contribution in [0.25, 0.3) is 0 Å². The molecule has 2 aliphatic rings. The van der Waals surface area contributed by atoms with Crippen molar-refractivity contribution in [3.8, 4) is 0 Å². The van der Waals surface area contributed by atoms with Crippen molar-refractivity contribution < 1.29 is 9.84 Å². The highest BCUT2D eigenvalue weighted by Crippen LogP contribution is 2.28. The van der Waals surface area contributed by atoms with Crippen LogP contribution in [0, 0.1) is 0 Å². The quantitative estimate of drug-likeness (QED) is 0.910. The Balaban J connectivity index is 1.65. The van der Waals surface area contributed by atoms with Gasteiger partial charge in [0.25, 0.3) is 0 Å². The van der Waals surface area contributed by atoms with E-state index in [0.29, 0.717) is 6.04 Å². The third kappa shape index (κ3) is 3.01. The Morgan fingerprint density at radius 2 is 2.05 bits per heavy atom. The highest BCUT2D eigenvalue weighted by atomic mass is 79.9. The van der Waals surface area contributed by atoms with Crippen LogP contribution in [0.5, 0.6) is 0 Å². The summed E-state index contributed by atoms with van der Waals surface area (Å²) in [5.74, 6) is 0. The van der Waals surface area contributed by atoms with Gasteiger partial charge >= 0.3 is 0 Å². The van der Waals surface area contributed by atoms with Gasteiger partial charge in [-0.25, -0.2) is 0 Å². The normalized spacial score (nSPS) is 24.3. The number of morpholine rings is 1. The van der Waals surface area contributed by atoms with Crippen LogP contribution in [0.3, 0.4) is 0 Å². The van der Waals surface area contributed by atoms with Crippen LogP contribution in [0.1, 0.15) is 12.0 Å². The van der Waals surface area contributed by atoms with Crippen molar-refractivity contribution >= 4 is 21.6 Å². The molecule has 4 nitrogen and oxygen atoms in total. The summed E-state index contributed by atoms with van der Waals surface area (Å²) in [4.78, 5) is 4.99. The summed E-state index contributed by atoms with van der Waals surface area (Å²) in [5, 5.41) is 9.22. The molecule has 1 N–H and O–H groups in total. The van der Waals surface area contributed by atoms with Crippen molar-refractivity contribution in [1.29, 1.82) is 0 Å². The molecular formula is C15H21BrN2O2. The van der Waals surface area contributed by atoms with Crippen molar-refractivity contribution in [2.45, 2.75) is 19.1 Å². The molecule has 0 spiro atoms. The first kappa shape index (κ1) is 14.3. The molecule has 20 heavy (non-hydrogen) atoms. The average molecular weight is 341 g/mol. The van der Waals surface area contributed by atoms with Crippen LogP contribution in [-0.4, -0.2) is 55.4 Å². The molecule has 0 aromatic heterocycles. The number of nitrogens with zero attached hydrogens (tertiary/aromatic N) is 2. The first-order valence-electron chi connectivity index (χ1n) is 7.24. The van der Waals surface area contributed by atoms with E-state index in [2.05, 4.69) is 37.9 Å². The van der Waals surface area contributed by atoms with E-state index in [1.807, 2.05) is 6.07 Å². The number of ether oxygens (including phenoxy) is 1. The van der Waals surface area contributed by atoms with Crippen molar-refractivity contribution in [3.05, 3.63) is 28.2 Å². The second-order valence-electron chi connectivity index (χ2n) is 5.47. The molecule has 1 unspecified atom stereocenters. The van der Waals surface area contributed by atoms with Gasteiger partial charge in [-0.2, -0.15) is 0 Å². The number of aliphatic hydroxyl groups excluding tert-OH is 1. The Morgan fingerprint density at radius 3 is 2.75 bits per heavy atom. The maximum absolute atomic E-state index is 9.22. The number of anilines is 1. The summed E-state index contributed by atoms with van der Waals surface area (Å²) in [7, 11) is 0. The smallest absolute Gasteiger partial charge is 0.0692 e. The van der Waals surface area contributed by atoms with Gasteiger partial charge in [0.05, 0.1) is 19.8 Å². The maximum Gasteiger partial charge on any atom is 0.0692 e. The fraction of sp³-hybridized carbons (Fsp3) is 0.600. The molecule has 1 atom stereocenters. The van der Waals surface area contributed by atoms with Crippen LogP contribution < -0.4 is 4.90 Å². The van der Waals surface area contributed by atoms with Crippen molar-refractivity contribution in [1.82, 2.24) is 4.90 Å². The predicted molar refractivity (Wildman–Crippen MR) is 83.1 cm³/mol. The van der Waals surface area contributed by atoms with Gasteiger partial charge in [0.1, 0.15) is 0 Å². The molecule has 0 saturated carbocycles. The monoisotopic (exact) mass is 340 g/mol. The Hall–Kier alpha value is -0.620. The second-order valence-corrected chi connectivity index (χ2v) is 6.33. The minimum absolute atomic E-state index is 0.0806. The zero-order valence-corrected chi connectivity index (χ0v) is 13.2. The lowest BCUT2D eigenvalue weighted by Crippen LogP contribution is -2.44. The Morgan fingerprint density at radius 1 is 1.25 bits per heavy atom. The van der Waals surface area contributed by atoms with Crippen LogP contribution in [0.4, 0.5) is 5.69 Å². The van der Waals surface area contributed by atoms with E-state index in [4.69, 9.17) is 4.74 Å². The fourth-order valence-electron chi connectivity index (χ4n) is 3.08. The summed E-state index contributed by atoms with van der Waals surface area (Å²) in [6, 6.07) is 6.88. The van der Waals surface area contributed by atoms with E-state index in [1.165, 1.54) is 12.1 Å². The lowest BCUT2D eigenvalue weighted by atomic mass is 10.2. The number of hydrogen-bond donors (Lipinski definition) is 1. The molecule has 2 heterocycles. The first-order valence-corrected chi connectivity index (χ1v) is 8.03. The summed E-state index contributed by atoms with van der Waals surface area (Å²) in [5.41, 5.74) is 2.18. The van der Waals surface area contributed by atoms with Gasteiger partial charge in [0, 0.05) is 42.4 Å². The Bertz CT molecular complexity index is 463. The maximum atomic E-state index is 9.22. The van der Waals surface area contributed by atoms with Gasteiger partial charge < -0.3 is 14.7 Å². The van der Waals surface area contributed by atoms with Crippen LogP contribution in [0.2, 0.25) is 0 Å². The van der Waals surface area contributed by atoms with E-state index in [0.717, 1.165) is 49.4 Å².